The molecule has 1 heterocycles. The molecule has 0 radical (unpaired) electrons. The van der Waals surface area contributed by atoms with E-state index in [2.05, 4.69) is 29.5 Å². The predicted octanol–water partition coefficient (Wildman–Crippen LogP) is 2.82. The molecule has 0 spiro atoms. The lowest BCUT2D eigenvalue weighted by Gasteiger charge is -2.28. The van der Waals surface area contributed by atoms with Gasteiger partial charge in [-0.15, -0.1) is 0 Å². The number of rotatable bonds is 3. The van der Waals surface area contributed by atoms with E-state index in [9.17, 15) is 4.79 Å². The zero-order chi connectivity index (χ0) is 10.4. The number of amides is 1. The van der Waals surface area contributed by atoms with Crippen molar-refractivity contribution in [3.63, 3.8) is 0 Å². The third-order valence-electron chi connectivity index (χ3n) is 2.41. The van der Waals surface area contributed by atoms with E-state index in [0.29, 0.717) is 6.61 Å². The Kier molecular flexibility index (Phi) is 5.59. The highest BCUT2D eigenvalue weighted by Gasteiger charge is 2.21. The van der Waals surface area contributed by atoms with Crippen LogP contribution in [0.15, 0.2) is 0 Å². The highest BCUT2D eigenvalue weighted by molar-refractivity contribution is 14.1. The second kappa shape index (κ2) is 6.48. The molecule has 1 aliphatic rings. The molecule has 0 aromatic rings. The van der Waals surface area contributed by atoms with Crippen LogP contribution in [0.2, 0.25) is 0 Å². The summed E-state index contributed by atoms with van der Waals surface area (Å²) in [6.07, 6.45) is 4.12. The van der Waals surface area contributed by atoms with Crippen molar-refractivity contribution in [2.75, 3.05) is 19.7 Å². The van der Waals surface area contributed by atoms with Crippen LogP contribution in [-0.4, -0.2) is 34.6 Å². The van der Waals surface area contributed by atoms with Crippen LogP contribution in [0.3, 0.4) is 0 Å². The summed E-state index contributed by atoms with van der Waals surface area (Å²) in [5.41, 5.74) is 0. The Morgan fingerprint density at radius 3 is 2.71 bits per heavy atom. The number of nitrogens with zero attached hydrogens (tertiary/aromatic N) is 1. The SMILES string of the molecule is CCCCOC(=O)N1CCC(I)CC1. The smallest absolute Gasteiger partial charge is 0.409 e. The minimum absolute atomic E-state index is 0.123. The number of ether oxygens (including phenoxy) is 1. The van der Waals surface area contributed by atoms with Crippen molar-refractivity contribution in [3.8, 4) is 0 Å². The van der Waals surface area contributed by atoms with Crippen LogP contribution in [-0.2, 0) is 4.74 Å². The summed E-state index contributed by atoms with van der Waals surface area (Å²) in [5.74, 6) is 0. The van der Waals surface area contributed by atoms with E-state index in [1.54, 1.807) is 0 Å². The van der Waals surface area contributed by atoms with Gasteiger partial charge in [0.1, 0.15) is 0 Å². The topological polar surface area (TPSA) is 29.5 Å². The summed E-state index contributed by atoms with van der Waals surface area (Å²) >= 11 is 2.45. The molecule has 0 atom stereocenters. The molecule has 0 unspecified atom stereocenters. The minimum atomic E-state index is -0.123. The van der Waals surface area contributed by atoms with Crippen molar-refractivity contribution in [1.82, 2.24) is 4.90 Å². The first-order valence-corrected chi connectivity index (χ1v) is 6.54. The lowest BCUT2D eigenvalue weighted by Crippen LogP contribution is -2.39. The molecule has 4 heteroatoms. The average molecular weight is 311 g/mol. The van der Waals surface area contributed by atoms with Gasteiger partial charge in [0.15, 0.2) is 0 Å². The third kappa shape index (κ3) is 4.02. The zero-order valence-electron chi connectivity index (χ0n) is 8.67. The van der Waals surface area contributed by atoms with Crippen molar-refractivity contribution in [2.45, 2.75) is 36.5 Å². The molecule has 1 amide bonds. The van der Waals surface area contributed by atoms with E-state index < -0.39 is 0 Å². The number of unbranched alkanes of at least 4 members (excludes halogenated alkanes) is 1. The lowest BCUT2D eigenvalue weighted by molar-refractivity contribution is 0.0952. The Morgan fingerprint density at radius 2 is 2.14 bits per heavy atom. The Labute approximate surface area is 99.3 Å². The maximum absolute atomic E-state index is 11.5. The monoisotopic (exact) mass is 311 g/mol. The summed E-state index contributed by atoms with van der Waals surface area (Å²) in [7, 11) is 0. The predicted molar refractivity (Wildman–Crippen MR) is 64.9 cm³/mol. The fraction of sp³-hybridized carbons (Fsp3) is 0.900. The van der Waals surface area contributed by atoms with E-state index >= 15 is 0 Å². The van der Waals surface area contributed by atoms with Crippen molar-refractivity contribution >= 4 is 28.7 Å². The molecule has 0 saturated carbocycles. The number of carbonyl (C=O) groups is 1. The van der Waals surface area contributed by atoms with Crippen LogP contribution in [0.25, 0.3) is 0 Å². The molecule has 0 aromatic carbocycles. The van der Waals surface area contributed by atoms with Crippen LogP contribution in [0.1, 0.15) is 32.6 Å². The standard InChI is InChI=1S/C10H18INO2/c1-2-3-8-14-10(13)12-6-4-9(11)5-7-12/h9H,2-8H2,1H3. The van der Waals surface area contributed by atoms with Crippen molar-refractivity contribution in [1.29, 1.82) is 0 Å². The fourth-order valence-corrected chi connectivity index (χ4v) is 1.98. The highest BCUT2D eigenvalue weighted by atomic mass is 127. The first-order valence-electron chi connectivity index (χ1n) is 5.29. The van der Waals surface area contributed by atoms with Gasteiger partial charge in [0.2, 0.25) is 0 Å². The van der Waals surface area contributed by atoms with Crippen LogP contribution < -0.4 is 0 Å². The number of hydrogen-bond donors (Lipinski definition) is 0. The molecule has 82 valence electrons. The maximum atomic E-state index is 11.5. The molecular weight excluding hydrogens is 293 g/mol. The van der Waals surface area contributed by atoms with E-state index in [1.165, 1.54) is 0 Å². The van der Waals surface area contributed by atoms with Gasteiger partial charge in [0.05, 0.1) is 6.61 Å². The second-order valence-electron chi connectivity index (χ2n) is 3.63. The third-order valence-corrected chi connectivity index (χ3v) is 3.65. The first-order chi connectivity index (χ1) is 6.74. The molecule has 0 aliphatic carbocycles. The van der Waals surface area contributed by atoms with Crippen LogP contribution in [0, 0.1) is 0 Å². The largest absolute Gasteiger partial charge is 0.449 e. The maximum Gasteiger partial charge on any atom is 0.409 e. The zero-order valence-corrected chi connectivity index (χ0v) is 10.8. The van der Waals surface area contributed by atoms with E-state index in [4.69, 9.17) is 4.74 Å². The van der Waals surface area contributed by atoms with Gasteiger partial charge in [-0.2, -0.15) is 0 Å². The van der Waals surface area contributed by atoms with Crippen LogP contribution in [0.4, 0.5) is 4.79 Å². The summed E-state index contributed by atoms with van der Waals surface area (Å²) in [6.45, 7) is 4.38. The Hall–Kier alpha value is 0. The van der Waals surface area contributed by atoms with Crippen LogP contribution in [0.5, 0.6) is 0 Å². The number of alkyl halides is 1. The summed E-state index contributed by atoms with van der Waals surface area (Å²) in [6, 6.07) is 0. The second-order valence-corrected chi connectivity index (χ2v) is 5.39. The van der Waals surface area contributed by atoms with Crippen molar-refractivity contribution in [2.24, 2.45) is 0 Å². The Morgan fingerprint density at radius 1 is 1.50 bits per heavy atom. The quantitative estimate of drug-likeness (QED) is 0.456. The van der Waals surface area contributed by atoms with Gasteiger partial charge in [0, 0.05) is 17.0 Å². The summed E-state index contributed by atoms with van der Waals surface area (Å²) in [5, 5.41) is 0. The van der Waals surface area contributed by atoms with Gasteiger partial charge in [-0.25, -0.2) is 4.79 Å². The molecule has 0 bridgehead atoms. The number of carbonyl (C=O) groups excluding carboxylic acids is 1. The van der Waals surface area contributed by atoms with Crippen molar-refractivity contribution < 1.29 is 9.53 Å². The first kappa shape index (κ1) is 12.1. The molecule has 3 nitrogen and oxygen atoms in total. The number of piperidine rings is 1. The Balaban J connectivity index is 2.17. The fourth-order valence-electron chi connectivity index (χ4n) is 1.43. The normalized spacial score (nSPS) is 18.3. The molecule has 1 rings (SSSR count). The van der Waals surface area contributed by atoms with Gasteiger partial charge in [-0.05, 0) is 19.3 Å². The lowest BCUT2D eigenvalue weighted by atomic mass is 10.1. The van der Waals surface area contributed by atoms with Gasteiger partial charge >= 0.3 is 6.09 Å². The molecule has 0 N–H and O–H groups in total. The summed E-state index contributed by atoms with van der Waals surface area (Å²) in [4.78, 5) is 13.3. The number of hydrogen-bond acceptors (Lipinski definition) is 2. The van der Waals surface area contributed by atoms with Gasteiger partial charge in [0.25, 0.3) is 0 Å². The molecule has 14 heavy (non-hydrogen) atoms. The van der Waals surface area contributed by atoms with Crippen LogP contribution >= 0.6 is 22.6 Å². The van der Waals surface area contributed by atoms with Crippen molar-refractivity contribution in [3.05, 3.63) is 0 Å². The molecule has 1 fully saturated rings. The molecule has 1 saturated heterocycles. The van der Waals surface area contributed by atoms with Gasteiger partial charge in [-0.3, -0.25) is 0 Å². The van der Waals surface area contributed by atoms with Gasteiger partial charge in [-0.1, -0.05) is 35.9 Å². The Bertz CT molecular complexity index is 179. The van der Waals surface area contributed by atoms with E-state index in [0.717, 1.165) is 42.7 Å². The van der Waals surface area contributed by atoms with E-state index in [1.807, 2.05) is 4.90 Å². The molecule has 0 aromatic heterocycles. The summed E-state index contributed by atoms with van der Waals surface area (Å²) < 4.78 is 5.87. The number of halogens is 1. The minimum Gasteiger partial charge on any atom is -0.449 e. The molecule has 1 aliphatic heterocycles. The number of likely N-dealkylation sites (tertiary alicyclic amines) is 1. The van der Waals surface area contributed by atoms with Gasteiger partial charge < -0.3 is 9.64 Å². The highest BCUT2D eigenvalue weighted by Crippen LogP contribution is 2.18. The molecular formula is C10H18INO2. The van der Waals surface area contributed by atoms with E-state index in [-0.39, 0.29) is 6.09 Å². The average Bonchev–Trinajstić information content (AvgIpc) is 2.19.